The molecule has 0 fully saturated rings. The monoisotopic (exact) mass is 410 g/mol. The van der Waals surface area contributed by atoms with Crippen molar-refractivity contribution in [3.05, 3.63) is 77.9 Å². The van der Waals surface area contributed by atoms with E-state index in [4.69, 9.17) is 10.7 Å². The van der Waals surface area contributed by atoms with E-state index in [-0.39, 0.29) is 21.9 Å². The fraction of sp³-hybridized carbons (Fsp3) is 0.118. The van der Waals surface area contributed by atoms with E-state index in [1.165, 1.54) is 18.2 Å². The van der Waals surface area contributed by atoms with Gasteiger partial charge in [-0.15, -0.1) is 0 Å². The second-order valence-corrected chi connectivity index (χ2v) is 10.1. The van der Waals surface area contributed by atoms with Gasteiger partial charge in [-0.1, -0.05) is 23.8 Å². The second kappa shape index (κ2) is 6.86. The molecule has 0 N–H and O–H groups in total. The molecule has 0 unspecified atom stereocenters. The van der Waals surface area contributed by atoms with Gasteiger partial charge in [-0.3, -0.25) is 4.98 Å². The van der Waals surface area contributed by atoms with E-state index in [2.05, 4.69) is 4.98 Å². The average molecular weight is 411 g/mol. The van der Waals surface area contributed by atoms with Gasteiger partial charge in [-0.25, -0.2) is 20.8 Å². The molecule has 0 spiro atoms. The highest BCUT2D eigenvalue weighted by atomic mass is 35.7. The van der Waals surface area contributed by atoms with Gasteiger partial charge in [0.05, 0.1) is 4.90 Å². The number of halogens is 1. The van der Waals surface area contributed by atoms with Gasteiger partial charge in [0.15, 0.2) is 0 Å². The third-order valence-electron chi connectivity index (χ3n) is 3.78. The third kappa shape index (κ3) is 3.82. The lowest BCUT2D eigenvalue weighted by molar-refractivity contribution is 0.585. The van der Waals surface area contributed by atoms with Crippen LogP contribution in [-0.4, -0.2) is 25.8 Å². The highest BCUT2D eigenvalue weighted by Gasteiger charge is 2.24. The number of nitrogens with zero attached hydrogens (tertiary/aromatic N) is 2. The molecule has 26 heavy (non-hydrogen) atoms. The van der Waals surface area contributed by atoms with Crippen molar-refractivity contribution in [2.45, 2.75) is 23.1 Å². The molecule has 0 radical (unpaired) electrons. The van der Waals surface area contributed by atoms with Crippen molar-refractivity contribution in [3.8, 4) is 0 Å². The van der Waals surface area contributed by atoms with Gasteiger partial charge in [0.2, 0.25) is 0 Å². The first-order valence-electron chi connectivity index (χ1n) is 7.56. The summed E-state index contributed by atoms with van der Waals surface area (Å²) in [6.45, 7) is 1.84. The van der Waals surface area contributed by atoms with Gasteiger partial charge in [0.25, 0.3) is 19.1 Å². The first kappa shape index (κ1) is 18.6. The van der Waals surface area contributed by atoms with E-state index < -0.39 is 19.1 Å². The van der Waals surface area contributed by atoms with E-state index >= 15 is 0 Å². The SMILES string of the molecule is Cc1ccc(S(=O)(=O)n2cc(S(=O)(=O)Cl)cc2Cc2ccccn2)cc1. The standard InChI is InChI=1S/C17H15ClN2O4S2/c1-13-5-7-16(8-6-13)26(23,24)20-12-17(25(18,21)22)11-15(20)10-14-4-2-3-9-19-14/h2-9,11-12H,10H2,1H3. The Morgan fingerprint density at radius 1 is 1.00 bits per heavy atom. The fourth-order valence-corrected chi connectivity index (χ4v) is 4.68. The molecule has 136 valence electrons. The molecule has 2 aromatic heterocycles. The molecule has 0 aliphatic rings. The number of pyridine rings is 1. The van der Waals surface area contributed by atoms with Gasteiger partial charge in [0.1, 0.15) is 4.90 Å². The van der Waals surface area contributed by atoms with Crippen LogP contribution in [0.5, 0.6) is 0 Å². The van der Waals surface area contributed by atoms with Gasteiger partial charge >= 0.3 is 0 Å². The van der Waals surface area contributed by atoms with Gasteiger partial charge in [-0.2, -0.15) is 0 Å². The van der Waals surface area contributed by atoms with E-state index in [9.17, 15) is 16.8 Å². The number of benzene rings is 1. The second-order valence-electron chi connectivity index (χ2n) is 5.72. The van der Waals surface area contributed by atoms with Crippen molar-refractivity contribution in [1.82, 2.24) is 8.96 Å². The minimum Gasteiger partial charge on any atom is -0.261 e. The van der Waals surface area contributed by atoms with Crippen molar-refractivity contribution in [2.75, 3.05) is 0 Å². The molecule has 0 aliphatic carbocycles. The maximum absolute atomic E-state index is 13.0. The summed E-state index contributed by atoms with van der Waals surface area (Å²) in [7, 11) is -2.65. The Morgan fingerprint density at radius 3 is 2.27 bits per heavy atom. The predicted octanol–water partition coefficient (Wildman–Crippen LogP) is 2.95. The maximum atomic E-state index is 13.0. The normalized spacial score (nSPS) is 12.2. The molecule has 6 nitrogen and oxygen atoms in total. The van der Waals surface area contributed by atoms with Crippen molar-refractivity contribution in [2.24, 2.45) is 0 Å². The number of hydrogen-bond acceptors (Lipinski definition) is 5. The van der Waals surface area contributed by atoms with Crippen LogP contribution in [0.4, 0.5) is 0 Å². The van der Waals surface area contributed by atoms with Gasteiger partial charge in [-0.05, 0) is 37.3 Å². The van der Waals surface area contributed by atoms with Gasteiger partial charge < -0.3 is 0 Å². The Balaban J connectivity index is 2.15. The van der Waals surface area contributed by atoms with Crippen molar-refractivity contribution in [3.63, 3.8) is 0 Å². The zero-order valence-corrected chi connectivity index (χ0v) is 16.1. The maximum Gasteiger partial charge on any atom is 0.267 e. The summed E-state index contributed by atoms with van der Waals surface area (Å²) in [4.78, 5) is 3.94. The Labute approximate surface area is 156 Å². The molecule has 0 amide bonds. The van der Waals surface area contributed by atoms with Crippen LogP contribution in [-0.2, 0) is 25.5 Å². The summed E-state index contributed by atoms with van der Waals surface area (Å²) in [5, 5.41) is 0. The smallest absolute Gasteiger partial charge is 0.261 e. The Morgan fingerprint density at radius 2 is 1.69 bits per heavy atom. The lowest BCUT2D eigenvalue weighted by Crippen LogP contribution is -2.15. The molecular weight excluding hydrogens is 396 g/mol. The van der Waals surface area contributed by atoms with E-state index in [0.717, 1.165) is 15.7 Å². The lowest BCUT2D eigenvalue weighted by Gasteiger charge is -2.10. The number of hydrogen-bond donors (Lipinski definition) is 0. The molecule has 0 saturated carbocycles. The lowest BCUT2D eigenvalue weighted by atomic mass is 10.2. The molecule has 2 heterocycles. The van der Waals surface area contributed by atoms with Crippen molar-refractivity contribution >= 4 is 29.8 Å². The molecule has 0 aliphatic heterocycles. The zero-order valence-electron chi connectivity index (χ0n) is 13.7. The van der Waals surface area contributed by atoms with Crippen LogP contribution in [0, 0.1) is 6.92 Å². The summed E-state index contributed by atoms with van der Waals surface area (Å²) in [5.74, 6) is 0. The quantitative estimate of drug-likeness (QED) is 0.603. The molecule has 0 atom stereocenters. The fourth-order valence-electron chi connectivity index (χ4n) is 2.46. The molecule has 9 heteroatoms. The minimum absolute atomic E-state index is 0.0551. The van der Waals surface area contributed by atoms with Crippen LogP contribution in [0.15, 0.2) is 70.7 Å². The van der Waals surface area contributed by atoms with E-state index in [1.807, 2.05) is 6.92 Å². The Bertz CT molecular complexity index is 1140. The largest absolute Gasteiger partial charge is 0.267 e. The summed E-state index contributed by atoms with van der Waals surface area (Å²) in [6, 6.07) is 12.8. The van der Waals surface area contributed by atoms with Gasteiger partial charge in [0, 0.05) is 40.9 Å². The molecule has 3 aromatic rings. The molecule has 1 aromatic carbocycles. The molecule has 0 bridgehead atoms. The molecule has 0 saturated heterocycles. The topological polar surface area (TPSA) is 86.1 Å². The van der Waals surface area contributed by atoms with Crippen LogP contribution in [0.25, 0.3) is 0 Å². The van der Waals surface area contributed by atoms with E-state index in [1.54, 1.807) is 36.5 Å². The number of aromatic nitrogens is 2. The summed E-state index contributed by atoms with van der Waals surface area (Å²) >= 11 is 0. The van der Waals surface area contributed by atoms with Crippen LogP contribution in [0.1, 0.15) is 17.0 Å². The highest BCUT2D eigenvalue weighted by Crippen LogP contribution is 2.25. The predicted molar refractivity (Wildman–Crippen MR) is 98.3 cm³/mol. The Kier molecular flexibility index (Phi) is 4.92. The van der Waals surface area contributed by atoms with Crippen molar-refractivity contribution in [1.29, 1.82) is 0 Å². The van der Waals surface area contributed by atoms with Crippen molar-refractivity contribution < 1.29 is 16.8 Å². The minimum atomic E-state index is -4.08. The molecular formula is C17H15ClN2O4S2. The molecule has 3 rings (SSSR count). The Hall–Kier alpha value is -2.16. The van der Waals surface area contributed by atoms with Crippen LogP contribution in [0.2, 0.25) is 0 Å². The van der Waals surface area contributed by atoms with Crippen LogP contribution < -0.4 is 0 Å². The number of rotatable bonds is 5. The third-order valence-corrected chi connectivity index (χ3v) is 6.83. The highest BCUT2D eigenvalue weighted by molar-refractivity contribution is 8.13. The summed E-state index contributed by atoms with van der Waals surface area (Å²) in [6.07, 6.45) is 2.74. The van der Waals surface area contributed by atoms with Crippen LogP contribution in [0.3, 0.4) is 0 Å². The summed E-state index contributed by atoms with van der Waals surface area (Å²) in [5.41, 5.74) is 1.77. The first-order valence-corrected chi connectivity index (χ1v) is 11.3. The zero-order chi connectivity index (χ0) is 18.9. The van der Waals surface area contributed by atoms with E-state index in [0.29, 0.717) is 5.69 Å². The number of aryl methyl sites for hydroxylation is 1. The first-order chi connectivity index (χ1) is 12.2. The van der Waals surface area contributed by atoms with Crippen LogP contribution >= 0.6 is 10.7 Å². The summed E-state index contributed by atoms with van der Waals surface area (Å²) < 4.78 is 50.3. The average Bonchev–Trinajstić information content (AvgIpc) is 3.01.